The lowest BCUT2D eigenvalue weighted by atomic mass is 10.2. The zero-order valence-corrected chi connectivity index (χ0v) is 13.5. The van der Waals surface area contributed by atoms with Crippen LogP contribution in [0.4, 0.5) is 0 Å². The lowest BCUT2D eigenvalue weighted by molar-refractivity contribution is 0.0443. The quantitative estimate of drug-likeness (QED) is 0.647. The van der Waals surface area contributed by atoms with Crippen LogP contribution >= 0.6 is 0 Å². The van der Waals surface area contributed by atoms with Crippen LogP contribution in [0.1, 0.15) is 33.3 Å². The summed E-state index contributed by atoms with van der Waals surface area (Å²) in [6.07, 6.45) is 1.06. The van der Waals surface area contributed by atoms with E-state index < -0.39 is 8.80 Å². The molecular weight excluding hydrogens is 256 g/mol. The van der Waals surface area contributed by atoms with E-state index in [9.17, 15) is 0 Å². The van der Waals surface area contributed by atoms with Gasteiger partial charge in [-0.1, -0.05) is 30.3 Å². The van der Waals surface area contributed by atoms with Crippen molar-refractivity contribution in [2.45, 2.75) is 46.3 Å². The molecule has 0 spiro atoms. The molecule has 0 saturated carbocycles. The summed E-state index contributed by atoms with van der Waals surface area (Å²) in [6, 6.07) is 11.2. The third-order valence-electron chi connectivity index (χ3n) is 2.71. The summed E-state index contributed by atoms with van der Waals surface area (Å²) >= 11 is 0. The van der Waals surface area contributed by atoms with Crippen LogP contribution in [0.3, 0.4) is 0 Å². The first kappa shape index (κ1) is 16.4. The topological polar surface area (TPSA) is 27.7 Å². The maximum Gasteiger partial charge on any atom is 0.501 e. The van der Waals surface area contributed by atoms with Gasteiger partial charge in [-0.3, -0.25) is 0 Å². The van der Waals surface area contributed by atoms with Crippen LogP contribution in [-0.2, 0) is 19.7 Å². The van der Waals surface area contributed by atoms with Crippen molar-refractivity contribution in [1.82, 2.24) is 0 Å². The molecule has 19 heavy (non-hydrogen) atoms. The molecule has 1 aromatic rings. The van der Waals surface area contributed by atoms with Gasteiger partial charge in [-0.25, -0.2) is 0 Å². The number of benzene rings is 1. The van der Waals surface area contributed by atoms with Gasteiger partial charge in [0, 0.05) is 25.4 Å². The minimum atomic E-state index is -2.54. The molecule has 0 unspecified atom stereocenters. The minimum absolute atomic E-state index is 0.126. The Morgan fingerprint density at radius 3 is 2.05 bits per heavy atom. The van der Waals surface area contributed by atoms with Gasteiger partial charge in [-0.15, -0.1) is 0 Å². The molecule has 3 nitrogen and oxygen atoms in total. The van der Waals surface area contributed by atoms with Crippen molar-refractivity contribution in [2.75, 3.05) is 13.2 Å². The second-order valence-corrected chi connectivity index (χ2v) is 7.38. The van der Waals surface area contributed by atoms with E-state index in [0.29, 0.717) is 13.2 Å². The smallest absolute Gasteiger partial charge is 0.374 e. The number of aryl methyl sites for hydroxylation is 1. The second kappa shape index (κ2) is 8.48. The molecule has 0 heterocycles. The van der Waals surface area contributed by atoms with E-state index in [0.717, 1.165) is 12.5 Å². The third-order valence-corrected chi connectivity index (χ3v) is 5.86. The maximum atomic E-state index is 6.03. The largest absolute Gasteiger partial charge is 0.501 e. The van der Waals surface area contributed by atoms with Gasteiger partial charge < -0.3 is 13.3 Å². The molecule has 0 saturated heterocycles. The fraction of sp³-hybridized carbons (Fsp3) is 0.600. The Morgan fingerprint density at radius 2 is 1.58 bits per heavy atom. The highest BCUT2D eigenvalue weighted by Gasteiger charge is 2.41. The van der Waals surface area contributed by atoms with Gasteiger partial charge in [0.25, 0.3) is 0 Å². The molecule has 0 fully saturated rings. The number of hydrogen-bond acceptors (Lipinski definition) is 3. The average Bonchev–Trinajstić information content (AvgIpc) is 2.37. The van der Waals surface area contributed by atoms with Crippen LogP contribution < -0.4 is 0 Å². The fourth-order valence-corrected chi connectivity index (χ4v) is 4.87. The van der Waals surface area contributed by atoms with E-state index >= 15 is 0 Å². The molecule has 0 aliphatic heterocycles. The summed E-state index contributed by atoms with van der Waals surface area (Å²) in [4.78, 5) is 0. The molecule has 0 bridgehead atoms. The number of rotatable bonds is 9. The predicted octanol–water partition coefficient (Wildman–Crippen LogP) is 3.67. The van der Waals surface area contributed by atoms with Gasteiger partial charge >= 0.3 is 8.80 Å². The van der Waals surface area contributed by atoms with Crippen LogP contribution in [0.25, 0.3) is 0 Å². The molecule has 0 atom stereocenters. The van der Waals surface area contributed by atoms with Crippen molar-refractivity contribution in [3.8, 4) is 0 Å². The highest BCUT2D eigenvalue weighted by atomic mass is 28.4. The van der Waals surface area contributed by atoms with Gasteiger partial charge in [-0.2, -0.15) is 0 Å². The lowest BCUT2D eigenvalue weighted by Crippen LogP contribution is -2.48. The summed E-state index contributed by atoms with van der Waals surface area (Å²) < 4.78 is 17.8. The maximum absolute atomic E-state index is 6.03. The molecule has 0 aromatic heterocycles. The molecule has 0 radical (unpaired) electrons. The summed E-state index contributed by atoms with van der Waals surface area (Å²) in [5, 5.41) is 0. The molecule has 0 aliphatic carbocycles. The van der Waals surface area contributed by atoms with E-state index in [4.69, 9.17) is 13.3 Å². The predicted molar refractivity (Wildman–Crippen MR) is 80.2 cm³/mol. The SMILES string of the molecule is CCO[Si](CCc1ccccc1)(OCC)OC(C)C. The highest BCUT2D eigenvalue weighted by molar-refractivity contribution is 6.60. The third kappa shape index (κ3) is 5.87. The van der Waals surface area contributed by atoms with Crippen LogP contribution in [0.15, 0.2) is 30.3 Å². The van der Waals surface area contributed by atoms with Crippen molar-refractivity contribution in [2.24, 2.45) is 0 Å². The first-order chi connectivity index (χ1) is 9.12. The van der Waals surface area contributed by atoms with E-state index in [1.165, 1.54) is 5.56 Å². The summed E-state index contributed by atoms with van der Waals surface area (Å²) in [5.74, 6) is 0. The Labute approximate surface area is 118 Å². The average molecular weight is 282 g/mol. The highest BCUT2D eigenvalue weighted by Crippen LogP contribution is 2.21. The van der Waals surface area contributed by atoms with E-state index in [1.807, 2.05) is 33.8 Å². The molecule has 1 aromatic carbocycles. The van der Waals surface area contributed by atoms with Crippen molar-refractivity contribution in [3.63, 3.8) is 0 Å². The van der Waals surface area contributed by atoms with E-state index in [-0.39, 0.29) is 6.10 Å². The van der Waals surface area contributed by atoms with Crippen LogP contribution in [-0.4, -0.2) is 28.1 Å². The van der Waals surface area contributed by atoms with Gasteiger partial charge in [0.2, 0.25) is 0 Å². The van der Waals surface area contributed by atoms with Crippen molar-refractivity contribution < 1.29 is 13.3 Å². The normalized spacial score (nSPS) is 12.1. The second-order valence-electron chi connectivity index (χ2n) is 4.70. The summed E-state index contributed by atoms with van der Waals surface area (Å²) in [7, 11) is -2.54. The minimum Gasteiger partial charge on any atom is -0.374 e. The Bertz CT molecular complexity index is 335. The first-order valence-electron chi connectivity index (χ1n) is 7.11. The van der Waals surface area contributed by atoms with E-state index in [1.54, 1.807) is 0 Å². The van der Waals surface area contributed by atoms with Gasteiger partial charge in [0.05, 0.1) is 0 Å². The van der Waals surface area contributed by atoms with Gasteiger partial charge in [0.15, 0.2) is 0 Å². The summed E-state index contributed by atoms with van der Waals surface area (Å²) in [6.45, 7) is 9.31. The van der Waals surface area contributed by atoms with E-state index in [2.05, 4.69) is 24.3 Å². The molecule has 0 N–H and O–H groups in total. The Balaban J connectivity index is 2.71. The first-order valence-corrected chi connectivity index (χ1v) is 9.04. The van der Waals surface area contributed by atoms with Gasteiger partial charge in [0.1, 0.15) is 0 Å². The van der Waals surface area contributed by atoms with Crippen LogP contribution in [0.2, 0.25) is 6.04 Å². The number of hydrogen-bond donors (Lipinski definition) is 0. The molecule has 1 rings (SSSR count). The standard InChI is InChI=1S/C15H26O3Si/c1-5-16-19(17-6-2,18-14(3)4)13-12-15-10-8-7-9-11-15/h7-11,14H,5-6,12-13H2,1-4H3. The molecule has 0 aliphatic rings. The fourth-order valence-electron chi connectivity index (χ4n) is 2.05. The summed E-state index contributed by atoms with van der Waals surface area (Å²) in [5.41, 5.74) is 1.30. The molecular formula is C15H26O3Si. The monoisotopic (exact) mass is 282 g/mol. The molecule has 108 valence electrons. The molecule has 0 amide bonds. The van der Waals surface area contributed by atoms with Crippen molar-refractivity contribution >= 4 is 8.80 Å². The Kier molecular flexibility index (Phi) is 7.31. The van der Waals surface area contributed by atoms with Crippen LogP contribution in [0.5, 0.6) is 0 Å². The van der Waals surface area contributed by atoms with Gasteiger partial charge in [-0.05, 0) is 39.7 Å². The van der Waals surface area contributed by atoms with Crippen molar-refractivity contribution in [3.05, 3.63) is 35.9 Å². The van der Waals surface area contributed by atoms with Crippen molar-refractivity contribution in [1.29, 1.82) is 0 Å². The Morgan fingerprint density at radius 1 is 1.00 bits per heavy atom. The zero-order chi connectivity index (χ0) is 14.1. The molecule has 4 heteroatoms. The Hall–Kier alpha value is -0.683. The lowest BCUT2D eigenvalue weighted by Gasteiger charge is -2.30. The zero-order valence-electron chi connectivity index (χ0n) is 12.5. The van der Waals surface area contributed by atoms with Crippen LogP contribution in [0, 0.1) is 0 Å².